The number of ether oxygens (including phenoxy) is 2. The van der Waals surface area contributed by atoms with Gasteiger partial charge in [0.05, 0.1) is 13.2 Å². The molecule has 190 valence electrons. The van der Waals surface area contributed by atoms with E-state index in [1.807, 2.05) is 48.5 Å². The molecule has 0 bridgehead atoms. The van der Waals surface area contributed by atoms with Gasteiger partial charge in [-0.25, -0.2) is 9.59 Å². The lowest BCUT2D eigenvalue weighted by molar-refractivity contribution is -0.138. The Labute approximate surface area is 210 Å². The van der Waals surface area contributed by atoms with Crippen LogP contribution < -0.4 is 15.0 Å². The average molecular weight is 481 g/mol. The van der Waals surface area contributed by atoms with Crippen LogP contribution in [-0.2, 0) is 9.53 Å². The van der Waals surface area contributed by atoms with Crippen molar-refractivity contribution in [1.29, 1.82) is 0 Å². The highest BCUT2D eigenvalue weighted by Gasteiger charge is 2.14. The molecule has 0 aliphatic rings. The first kappa shape index (κ1) is 28.0. The summed E-state index contributed by atoms with van der Waals surface area (Å²) in [7, 11) is 1.78. The summed E-state index contributed by atoms with van der Waals surface area (Å²) in [4.78, 5) is 26.2. The number of benzene rings is 2. The monoisotopic (exact) mass is 480 g/mol. The molecule has 35 heavy (non-hydrogen) atoms. The molecule has 0 unspecified atom stereocenters. The van der Waals surface area contributed by atoms with Gasteiger partial charge in [0, 0.05) is 30.4 Å². The van der Waals surface area contributed by atoms with E-state index in [-0.39, 0.29) is 12.0 Å². The first-order chi connectivity index (χ1) is 16.9. The summed E-state index contributed by atoms with van der Waals surface area (Å²) < 4.78 is 11.2. The van der Waals surface area contributed by atoms with E-state index >= 15 is 0 Å². The number of nitrogens with one attached hydrogen (secondary N) is 1. The highest BCUT2D eigenvalue weighted by atomic mass is 16.5. The molecule has 0 atom stereocenters. The fourth-order valence-corrected chi connectivity index (χ4v) is 3.56. The van der Waals surface area contributed by atoms with Crippen molar-refractivity contribution in [1.82, 2.24) is 5.32 Å². The van der Waals surface area contributed by atoms with Crippen molar-refractivity contribution in [3.63, 3.8) is 0 Å². The summed E-state index contributed by atoms with van der Waals surface area (Å²) in [6.45, 7) is 9.43. The number of unbranched alkanes of at least 4 members (excludes halogenated alkanes) is 3. The number of hydrogen-bond acceptors (Lipinski definition) is 4. The minimum absolute atomic E-state index is 0.118. The number of urea groups is 1. The predicted molar refractivity (Wildman–Crippen MR) is 144 cm³/mol. The molecule has 0 saturated carbocycles. The third-order valence-corrected chi connectivity index (χ3v) is 5.65. The maximum Gasteiger partial charge on any atom is 0.333 e. The first-order valence-electron chi connectivity index (χ1n) is 12.6. The molecule has 0 saturated heterocycles. The number of nitrogens with zero attached hydrogens (tertiary/aromatic N) is 1. The number of hydrogen-bond donors (Lipinski definition) is 1. The molecule has 0 spiro atoms. The SMILES string of the molecule is CCCCCNC(=O)N(C)c1cccc(-c2ccc(C=C(C)C(=O)OCC)cc2OCCCC)c1. The van der Waals surface area contributed by atoms with Crippen LogP contribution in [0.15, 0.2) is 48.0 Å². The Morgan fingerprint density at radius 1 is 1.00 bits per heavy atom. The molecule has 0 fully saturated rings. The number of carbonyl (C=O) groups excluding carboxylic acids is 2. The minimum Gasteiger partial charge on any atom is -0.493 e. The van der Waals surface area contributed by atoms with Crippen LogP contribution in [0, 0.1) is 0 Å². The van der Waals surface area contributed by atoms with Crippen LogP contribution in [0.1, 0.15) is 65.4 Å². The van der Waals surface area contributed by atoms with Gasteiger partial charge in [-0.05, 0) is 62.1 Å². The molecular weight excluding hydrogens is 440 g/mol. The second-order valence-corrected chi connectivity index (χ2v) is 8.55. The largest absolute Gasteiger partial charge is 0.493 e. The lowest BCUT2D eigenvalue weighted by Crippen LogP contribution is -2.37. The van der Waals surface area contributed by atoms with Gasteiger partial charge >= 0.3 is 12.0 Å². The van der Waals surface area contributed by atoms with Crippen LogP contribution in [0.2, 0.25) is 0 Å². The molecule has 1 N–H and O–H groups in total. The van der Waals surface area contributed by atoms with Crippen molar-refractivity contribution in [2.45, 2.75) is 59.8 Å². The molecule has 2 amide bonds. The van der Waals surface area contributed by atoms with E-state index in [9.17, 15) is 9.59 Å². The van der Waals surface area contributed by atoms with Gasteiger partial charge in [-0.1, -0.05) is 57.4 Å². The maximum absolute atomic E-state index is 12.6. The molecule has 6 heteroatoms. The van der Waals surface area contributed by atoms with Crippen molar-refractivity contribution in [3.05, 3.63) is 53.6 Å². The van der Waals surface area contributed by atoms with Crippen molar-refractivity contribution in [2.75, 3.05) is 31.7 Å². The van der Waals surface area contributed by atoms with E-state index < -0.39 is 0 Å². The van der Waals surface area contributed by atoms with Crippen molar-refractivity contribution in [3.8, 4) is 16.9 Å². The van der Waals surface area contributed by atoms with E-state index in [0.717, 1.165) is 60.2 Å². The molecule has 0 radical (unpaired) electrons. The molecule has 2 aromatic carbocycles. The predicted octanol–water partition coefficient (Wildman–Crippen LogP) is 6.83. The van der Waals surface area contributed by atoms with E-state index in [0.29, 0.717) is 25.3 Å². The zero-order chi connectivity index (χ0) is 25.6. The van der Waals surface area contributed by atoms with Gasteiger partial charge < -0.3 is 14.8 Å². The van der Waals surface area contributed by atoms with Gasteiger partial charge in [-0.15, -0.1) is 0 Å². The summed E-state index contributed by atoms with van der Waals surface area (Å²) in [5.74, 6) is 0.418. The Bertz CT molecular complexity index is 1000. The lowest BCUT2D eigenvalue weighted by atomic mass is 10.0. The second kappa shape index (κ2) is 14.9. The van der Waals surface area contributed by atoms with Gasteiger partial charge in [-0.3, -0.25) is 4.90 Å². The van der Waals surface area contributed by atoms with Gasteiger partial charge in [0.1, 0.15) is 5.75 Å². The standard InChI is InChI=1S/C29H40N2O4/c1-6-9-11-17-30-29(33)31(5)25-14-12-13-24(21-25)26-16-15-23(19-22(4)28(32)34-8-3)20-27(26)35-18-10-7-2/h12-16,19-21H,6-11,17-18H2,1-5H3,(H,30,33). The third-order valence-electron chi connectivity index (χ3n) is 5.65. The molecule has 2 aromatic rings. The Kier molecular flexibility index (Phi) is 11.9. The van der Waals surface area contributed by atoms with E-state index in [1.54, 1.807) is 25.8 Å². The summed E-state index contributed by atoms with van der Waals surface area (Å²) in [5.41, 5.74) is 4.10. The molecular formula is C29H40N2O4. The lowest BCUT2D eigenvalue weighted by Gasteiger charge is -2.20. The van der Waals surface area contributed by atoms with E-state index in [1.165, 1.54) is 0 Å². The number of carbonyl (C=O) groups is 2. The van der Waals surface area contributed by atoms with E-state index in [2.05, 4.69) is 19.2 Å². The van der Waals surface area contributed by atoms with Gasteiger partial charge in [0.25, 0.3) is 0 Å². The normalized spacial score (nSPS) is 11.2. The quantitative estimate of drug-likeness (QED) is 0.194. The number of rotatable bonds is 13. The van der Waals surface area contributed by atoms with Crippen LogP contribution in [-0.4, -0.2) is 38.8 Å². The van der Waals surface area contributed by atoms with Gasteiger partial charge in [0.2, 0.25) is 0 Å². The van der Waals surface area contributed by atoms with Crippen LogP contribution >= 0.6 is 0 Å². The molecule has 0 heterocycles. The van der Waals surface area contributed by atoms with Crippen molar-refractivity contribution >= 4 is 23.8 Å². The summed E-state index contributed by atoms with van der Waals surface area (Å²) in [6, 6.07) is 13.7. The topological polar surface area (TPSA) is 67.9 Å². The highest BCUT2D eigenvalue weighted by molar-refractivity contribution is 5.94. The number of anilines is 1. The fourth-order valence-electron chi connectivity index (χ4n) is 3.56. The maximum atomic E-state index is 12.6. The van der Waals surface area contributed by atoms with Crippen molar-refractivity contribution < 1.29 is 19.1 Å². The Balaban J connectivity index is 2.31. The Hall–Kier alpha value is -3.28. The second-order valence-electron chi connectivity index (χ2n) is 8.55. The molecule has 0 aliphatic heterocycles. The third kappa shape index (κ3) is 8.78. The molecule has 6 nitrogen and oxygen atoms in total. The van der Waals surface area contributed by atoms with Gasteiger partial charge in [-0.2, -0.15) is 0 Å². The Morgan fingerprint density at radius 2 is 1.77 bits per heavy atom. The van der Waals surface area contributed by atoms with Crippen LogP contribution in [0.3, 0.4) is 0 Å². The van der Waals surface area contributed by atoms with Crippen LogP contribution in [0.4, 0.5) is 10.5 Å². The summed E-state index contributed by atoms with van der Waals surface area (Å²) >= 11 is 0. The first-order valence-corrected chi connectivity index (χ1v) is 12.6. The van der Waals surface area contributed by atoms with E-state index in [4.69, 9.17) is 9.47 Å². The number of amides is 2. The molecule has 0 aliphatic carbocycles. The summed E-state index contributed by atoms with van der Waals surface area (Å²) in [6.07, 6.45) is 6.98. The summed E-state index contributed by atoms with van der Waals surface area (Å²) in [5, 5.41) is 2.98. The number of esters is 1. The molecule has 0 aromatic heterocycles. The zero-order valence-electron chi connectivity index (χ0n) is 21.9. The molecule has 2 rings (SSSR count). The highest BCUT2D eigenvalue weighted by Crippen LogP contribution is 2.34. The average Bonchev–Trinajstić information content (AvgIpc) is 2.86. The van der Waals surface area contributed by atoms with Crippen molar-refractivity contribution in [2.24, 2.45) is 0 Å². The minimum atomic E-state index is -0.325. The Morgan fingerprint density at radius 3 is 2.49 bits per heavy atom. The van der Waals surface area contributed by atoms with Crippen LogP contribution in [0.25, 0.3) is 17.2 Å². The smallest absolute Gasteiger partial charge is 0.333 e. The zero-order valence-corrected chi connectivity index (χ0v) is 21.9. The fraction of sp³-hybridized carbons (Fsp3) is 0.448. The van der Waals surface area contributed by atoms with Gasteiger partial charge in [0.15, 0.2) is 0 Å². The van der Waals surface area contributed by atoms with Crippen LogP contribution in [0.5, 0.6) is 5.75 Å².